The van der Waals surface area contributed by atoms with Crippen LogP contribution >= 0.6 is 0 Å². The third kappa shape index (κ3) is 2.70. The Morgan fingerprint density at radius 2 is 1.89 bits per heavy atom. The predicted molar refractivity (Wildman–Crippen MR) is 73.0 cm³/mol. The van der Waals surface area contributed by atoms with Gasteiger partial charge in [-0.25, -0.2) is 0 Å². The summed E-state index contributed by atoms with van der Waals surface area (Å²) in [4.78, 5) is 14.7. The fourth-order valence-electron chi connectivity index (χ4n) is 2.52. The second-order valence-electron chi connectivity index (χ2n) is 5.44. The molecule has 4 N–H and O–H groups in total. The minimum absolute atomic E-state index is 0.222. The lowest BCUT2D eigenvalue weighted by Gasteiger charge is -2.36. The molecule has 0 amide bonds. The zero-order valence-corrected chi connectivity index (χ0v) is 11.0. The van der Waals surface area contributed by atoms with Crippen molar-refractivity contribution in [3.05, 3.63) is 0 Å². The molecule has 0 atom stereocenters. The molecule has 1 saturated heterocycles. The Hall–Kier alpha value is -1.63. The van der Waals surface area contributed by atoms with Crippen molar-refractivity contribution in [1.29, 1.82) is 0 Å². The minimum Gasteiger partial charge on any atom is -0.388 e. The lowest BCUT2D eigenvalue weighted by Crippen LogP contribution is -2.43. The largest absolute Gasteiger partial charge is 0.388 e. The first kappa shape index (κ1) is 12.4. The van der Waals surface area contributed by atoms with Gasteiger partial charge in [0.05, 0.1) is 5.60 Å². The van der Waals surface area contributed by atoms with Crippen LogP contribution in [0.2, 0.25) is 0 Å². The summed E-state index contributed by atoms with van der Waals surface area (Å²) in [6, 6.07) is 0. The van der Waals surface area contributed by atoms with Gasteiger partial charge in [0.25, 0.3) is 0 Å². The molecule has 7 heteroatoms. The second kappa shape index (κ2) is 4.80. The first-order valence-electron chi connectivity index (χ1n) is 6.87. The predicted octanol–water partition coefficient (Wildman–Crippen LogP) is 0.381. The molecule has 1 aromatic heterocycles. The van der Waals surface area contributed by atoms with Gasteiger partial charge in [0.15, 0.2) is 0 Å². The van der Waals surface area contributed by atoms with Crippen molar-refractivity contribution in [1.82, 2.24) is 15.0 Å². The van der Waals surface area contributed by atoms with Crippen LogP contribution in [0.25, 0.3) is 0 Å². The third-order valence-corrected chi connectivity index (χ3v) is 3.89. The van der Waals surface area contributed by atoms with E-state index in [0.29, 0.717) is 18.4 Å². The van der Waals surface area contributed by atoms with Gasteiger partial charge in [0.1, 0.15) is 0 Å². The fourth-order valence-corrected chi connectivity index (χ4v) is 2.52. The molecular weight excluding hydrogens is 244 g/mol. The summed E-state index contributed by atoms with van der Waals surface area (Å²) in [5, 5.41) is 13.1. The van der Waals surface area contributed by atoms with Crippen molar-refractivity contribution < 1.29 is 5.11 Å². The van der Waals surface area contributed by atoms with E-state index in [2.05, 4.69) is 25.2 Å². The van der Waals surface area contributed by atoms with Crippen molar-refractivity contribution in [3.8, 4) is 0 Å². The van der Waals surface area contributed by atoms with E-state index in [1.807, 2.05) is 0 Å². The summed E-state index contributed by atoms with van der Waals surface area (Å²) in [5.74, 6) is 1.31. The molecule has 1 aromatic rings. The van der Waals surface area contributed by atoms with E-state index >= 15 is 0 Å². The third-order valence-electron chi connectivity index (χ3n) is 3.89. The van der Waals surface area contributed by atoms with E-state index < -0.39 is 5.60 Å². The van der Waals surface area contributed by atoms with Crippen molar-refractivity contribution in [2.45, 2.75) is 37.7 Å². The number of nitrogen functional groups attached to an aromatic ring is 1. The molecule has 2 fully saturated rings. The Kier molecular flexibility index (Phi) is 3.14. The lowest BCUT2D eigenvalue weighted by molar-refractivity contribution is -0.0203. The van der Waals surface area contributed by atoms with Gasteiger partial charge in [0, 0.05) is 19.6 Å². The number of nitrogens with two attached hydrogens (primary N) is 1. The van der Waals surface area contributed by atoms with Crippen LogP contribution in [0.3, 0.4) is 0 Å². The molecule has 1 saturated carbocycles. The number of aliphatic hydroxyl groups is 1. The van der Waals surface area contributed by atoms with Gasteiger partial charge >= 0.3 is 0 Å². The normalized spacial score (nSPS) is 21.2. The molecule has 2 aliphatic rings. The molecule has 0 bridgehead atoms. The summed E-state index contributed by atoms with van der Waals surface area (Å²) < 4.78 is 0. The standard InChI is InChI=1S/C12H20N6O/c13-9-15-10(14-8-12(19)4-3-5-12)17-11(16-9)18-6-1-2-7-18/h19H,1-8H2,(H3,13,14,15,16,17). The summed E-state index contributed by atoms with van der Waals surface area (Å²) in [6.45, 7) is 2.40. The first-order chi connectivity index (χ1) is 9.15. The molecule has 2 heterocycles. The van der Waals surface area contributed by atoms with Gasteiger partial charge in [-0.15, -0.1) is 0 Å². The number of anilines is 3. The molecule has 104 valence electrons. The van der Waals surface area contributed by atoms with Crippen LogP contribution < -0.4 is 16.0 Å². The number of hydrogen-bond donors (Lipinski definition) is 3. The zero-order chi connectivity index (χ0) is 13.3. The topological polar surface area (TPSA) is 100 Å². The van der Waals surface area contributed by atoms with Gasteiger partial charge in [-0.05, 0) is 32.1 Å². The molecule has 3 rings (SSSR count). The van der Waals surface area contributed by atoms with Gasteiger partial charge in [-0.2, -0.15) is 15.0 Å². The molecule has 0 spiro atoms. The fraction of sp³-hybridized carbons (Fsp3) is 0.750. The Balaban J connectivity index is 1.70. The maximum absolute atomic E-state index is 10.0. The summed E-state index contributed by atoms with van der Waals surface area (Å²) in [6.07, 6.45) is 5.07. The van der Waals surface area contributed by atoms with E-state index in [1.54, 1.807) is 0 Å². The smallest absolute Gasteiger partial charge is 0.231 e. The first-order valence-corrected chi connectivity index (χ1v) is 6.87. The maximum Gasteiger partial charge on any atom is 0.231 e. The van der Waals surface area contributed by atoms with Crippen molar-refractivity contribution in [2.75, 3.05) is 35.6 Å². The monoisotopic (exact) mass is 264 g/mol. The van der Waals surface area contributed by atoms with Crippen LogP contribution in [0, 0.1) is 0 Å². The van der Waals surface area contributed by atoms with E-state index in [9.17, 15) is 5.11 Å². The van der Waals surface area contributed by atoms with Crippen molar-refractivity contribution in [3.63, 3.8) is 0 Å². The van der Waals surface area contributed by atoms with Gasteiger partial charge in [-0.3, -0.25) is 0 Å². The Morgan fingerprint density at radius 1 is 1.16 bits per heavy atom. The highest BCUT2D eigenvalue weighted by Crippen LogP contribution is 2.31. The molecular formula is C12H20N6O. The highest BCUT2D eigenvalue weighted by molar-refractivity contribution is 5.42. The van der Waals surface area contributed by atoms with Crippen LogP contribution in [0.1, 0.15) is 32.1 Å². The molecule has 0 radical (unpaired) electrons. The average molecular weight is 264 g/mol. The van der Waals surface area contributed by atoms with E-state index in [-0.39, 0.29) is 5.95 Å². The maximum atomic E-state index is 10.0. The molecule has 1 aliphatic carbocycles. The summed E-state index contributed by atoms with van der Waals surface area (Å²) >= 11 is 0. The van der Waals surface area contributed by atoms with Crippen molar-refractivity contribution >= 4 is 17.8 Å². The number of aromatic nitrogens is 3. The zero-order valence-electron chi connectivity index (χ0n) is 11.0. The molecule has 19 heavy (non-hydrogen) atoms. The number of hydrogen-bond acceptors (Lipinski definition) is 7. The molecule has 0 aromatic carbocycles. The Bertz CT molecular complexity index is 456. The van der Waals surface area contributed by atoms with Crippen LogP contribution in [-0.4, -0.2) is 45.3 Å². The average Bonchev–Trinajstić information content (AvgIpc) is 2.87. The van der Waals surface area contributed by atoms with E-state index in [1.165, 1.54) is 0 Å². The molecule has 7 nitrogen and oxygen atoms in total. The Morgan fingerprint density at radius 3 is 2.53 bits per heavy atom. The van der Waals surface area contributed by atoms with Crippen LogP contribution in [-0.2, 0) is 0 Å². The quantitative estimate of drug-likeness (QED) is 0.722. The second-order valence-corrected chi connectivity index (χ2v) is 5.44. The van der Waals surface area contributed by atoms with E-state index in [4.69, 9.17) is 5.73 Å². The Labute approximate surface area is 112 Å². The van der Waals surface area contributed by atoms with Crippen LogP contribution in [0.15, 0.2) is 0 Å². The summed E-state index contributed by atoms with van der Waals surface area (Å²) in [5.41, 5.74) is 5.12. The number of nitrogens with zero attached hydrogens (tertiary/aromatic N) is 4. The minimum atomic E-state index is -0.602. The van der Waals surface area contributed by atoms with Gasteiger partial charge in [-0.1, -0.05) is 0 Å². The SMILES string of the molecule is Nc1nc(NCC2(O)CCC2)nc(N2CCCC2)n1. The lowest BCUT2D eigenvalue weighted by atomic mass is 9.80. The highest BCUT2D eigenvalue weighted by atomic mass is 16.3. The molecule has 1 aliphatic heterocycles. The highest BCUT2D eigenvalue weighted by Gasteiger charge is 2.34. The molecule has 0 unspecified atom stereocenters. The van der Waals surface area contributed by atoms with Gasteiger partial charge in [0.2, 0.25) is 17.8 Å². The van der Waals surface area contributed by atoms with E-state index in [0.717, 1.165) is 45.2 Å². The number of nitrogens with one attached hydrogen (secondary N) is 1. The summed E-state index contributed by atoms with van der Waals surface area (Å²) in [7, 11) is 0. The number of rotatable bonds is 4. The van der Waals surface area contributed by atoms with Crippen LogP contribution in [0.4, 0.5) is 17.8 Å². The van der Waals surface area contributed by atoms with Gasteiger partial charge < -0.3 is 21.1 Å². The van der Waals surface area contributed by atoms with Crippen molar-refractivity contribution in [2.24, 2.45) is 0 Å². The van der Waals surface area contributed by atoms with Crippen LogP contribution in [0.5, 0.6) is 0 Å².